The zero-order valence-corrected chi connectivity index (χ0v) is 12.5. The first-order valence-corrected chi connectivity index (χ1v) is 7.47. The normalized spacial score (nSPS) is 18.2. The van der Waals surface area contributed by atoms with E-state index in [1.54, 1.807) is 24.4 Å². The Morgan fingerprint density at radius 2 is 2.32 bits per heavy atom. The summed E-state index contributed by atoms with van der Waals surface area (Å²) < 4.78 is 15.5. The third-order valence-electron chi connectivity index (χ3n) is 3.86. The van der Waals surface area contributed by atoms with E-state index in [1.165, 1.54) is 6.07 Å². The fourth-order valence-corrected chi connectivity index (χ4v) is 2.64. The fourth-order valence-electron chi connectivity index (χ4n) is 2.64. The first-order chi connectivity index (χ1) is 10.6. The average molecular weight is 302 g/mol. The Morgan fingerprint density at radius 1 is 1.45 bits per heavy atom. The number of benzene rings is 1. The van der Waals surface area contributed by atoms with Crippen LogP contribution in [-0.2, 0) is 0 Å². The van der Waals surface area contributed by atoms with E-state index in [4.69, 9.17) is 0 Å². The highest BCUT2D eigenvalue weighted by atomic mass is 19.1. The van der Waals surface area contributed by atoms with Crippen LogP contribution in [0.15, 0.2) is 30.5 Å². The summed E-state index contributed by atoms with van der Waals surface area (Å²) in [6, 6.07) is 6.55. The maximum absolute atomic E-state index is 13.7. The van der Waals surface area contributed by atoms with Gasteiger partial charge in [0.1, 0.15) is 5.82 Å². The second-order valence-electron chi connectivity index (χ2n) is 5.62. The highest BCUT2D eigenvalue weighted by molar-refractivity contribution is 6.02. The maximum atomic E-state index is 13.7. The molecule has 1 aromatic carbocycles. The number of halogens is 1. The summed E-state index contributed by atoms with van der Waals surface area (Å²) in [6.07, 6.45) is 3.95. The van der Waals surface area contributed by atoms with Crippen molar-refractivity contribution < 1.29 is 9.18 Å². The van der Waals surface area contributed by atoms with E-state index in [0.717, 1.165) is 31.5 Å². The lowest BCUT2D eigenvalue weighted by molar-refractivity contribution is 0.102. The smallest absolute Gasteiger partial charge is 0.276 e. The molecule has 2 heterocycles. The van der Waals surface area contributed by atoms with Crippen LogP contribution in [0.1, 0.15) is 34.9 Å². The van der Waals surface area contributed by atoms with Crippen molar-refractivity contribution in [1.82, 2.24) is 15.1 Å². The van der Waals surface area contributed by atoms with E-state index in [1.807, 2.05) is 11.6 Å². The van der Waals surface area contributed by atoms with Gasteiger partial charge < -0.3 is 10.6 Å². The predicted octanol–water partition coefficient (Wildman–Crippen LogP) is 2.51. The molecule has 22 heavy (non-hydrogen) atoms. The zero-order valence-electron chi connectivity index (χ0n) is 12.5. The lowest BCUT2D eigenvalue weighted by atomic mass is 10.1. The van der Waals surface area contributed by atoms with Crippen LogP contribution in [0.25, 0.3) is 0 Å². The molecule has 1 aliphatic rings. The van der Waals surface area contributed by atoms with Gasteiger partial charge in [-0.2, -0.15) is 5.10 Å². The van der Waals surface area contributed by atoms with E-state index in [0.29, 0.717) is 5.69 Å². The number of aryl methyl sites for hydroxylation is 1. The molecule has 0 radical (unpaired) electrons. The van der Waals surface area contributed by atoms with E-state index >= 15 is 0 Å². The Hall–Kier alpha value is -2.21. The largest absolute Gasteiger partial charge is 0.318 e. The van der Waals surface area contributed by atoms with Crippen LogP contribution in [-0.4, -0.2) is 28.8 Å². The van der Waals surface area contributed by atoms with Crippen LogP contribution in [0.5, 0.6) is 0 Å². The summed E-state index contributed by atoms with van der Waals surface area (Å²) in [5.41, 5.74) is 1.36. The molecule has 1 aliphatic heterocycles. The van der Waals surface area contributed by atoms with Crippen LogP contribution < -0.4 is 10.6 Å². The van der Waals surface area contributed by atoms with Gasteiger partial charge in [0.15, 0.2) is 5.69 Å². The van der Waals surface area contributed by atoms with Crippen LogP contribution >= 0.6 is 0 Å². The first-order valence-electron chi connectivity index (χ1n) is 7.47. The van der Waals surface area contributed by atoms with Crippen molar-refractivity contribution in [2.24, 2.45) is 0 Å². The van der Waals surface area contributed by atoms with Crippen molar-refractivity contribution in [1.29, 1.82) is 0 Å². The number of nitrogens with one attached hydrogen (secondary N) is 2. The standard InChI is InChI=1S/C16H19FN4O/c1-11-4-5-13(17)15(9-11)19-16(22)14-6-8-21(20-14)12-3-2-7-18-10-12/h4-6,8-9,12,18H,2-3,7,10H2,1H3,(H,19,22). The second-order valence-corrected chi connectivity index (χ2v) is 5.62. The quantitative estimate of drug-likeness (QED) is 0.916. The molecule has 6 heteroatoms. The molecule has 1 aromatic heterocycles. The Balaban J connectivity index is 1.72. The summed E-state index contributed by atoms with van der Waals surface area (Å²) in [4.78, 5) is 12.2. The highest BCUT2D eigenvalue weighted by Gasteiger charge is 2.18. The molecule has 5 nitrogen and oxygen atoms in total. The highest BCUT2D eigenvalue weighted by Crippen LogP contribution is 2.18. The molecule has 1 fully saturated rings. The number of aromatic nitrogens is 2. The van der Waals surface area contributed by atoms with Crippen molar-refractivity contribution >= 4 is 11.6 Å². The average Bonchev–Trinajstić information content (AvgIpc) is 3.02. The van der Waals surface area contributed by atoms with Gasteiger partial charge in [-0.25, -0.2) is 4.39 Å². The van der Waals surface area contributed by atoms with Gasteiger partial charge in [-0.15, -0.1) is 0 Å². The number of hydrogen-bond donors (Lipinski definition) is 2. The van der Waals surface area contributed by atoms with Crippen molar-refractivity contribution in [2.75, 3.05) is 18.4 Å². The monoisotopic (exact) mass is 302 g/mol. The molecule has 0 saturated carbocycles. The Morgan fingerprint density at radius 3 is 3.09 bits per heavy atom. The molecule has 1 atom stereocenters. The van der Waals surface area contributed by atoms with Gasteiger partial charge in [-0.3, -0.25) is 9.48 Å². The van der Waals surface area contributed by atoms with Gasteiger partial charge in [0.2, 0.25) is 0 Å². The van der Waals surface area contributed by atoms with Gasteiger partial charge >= 0.3 is 0 Å². The minimum atomic E-state index is -0.449. The third-order valence-corrected chi connectivity index (χ3v) is 3.86. The Bertz CT molecular complexity index is 677. The van der Waals surface area contributed by atoms with Crippen molar-refractivity contribution in [3.8, 4) is 0 Å². The van der Waals surface area contributed by atoms with Crippen LogP contribution in [0, 0.1) is 12.7 Å². The molecule has 1 unspecified atom stereocenters. The molecule has 0 bridgehead atoms. The molecule has 116 valence electrons. The van der Waals surface area contributed by atoms with Crippen LogP contribution in [0.4, 0.5) is 10.1 Å². The van der Waals surface area contributed by atoms with Gasteiger partial charge in [0.05, 0.1) is 11.7 Å². The van der Waals surface area contributed by atoms with Crippen LogP contribution in [0.3, 0.4) is 0 Å². The van der Waals surface area contributed by atoms with E-state index in [-0.39, 0.29) is 11.7 Å². The molecule has 1 amide bonds. The summed E-state index contributed by atoms with van der Waals surface area (Å²) in [5.74, 6) is -0.845. The molecular formula is C16H19FN4O. The third kappa shape index (κ3) is 3.17. The molecule has 2 N–H and O–H groups in total. The summed E-state index contributed by atoms with van der Waals surface area (Å²) in [5, 5.41) is 10.2. The topological polar surface area (TPSA) is 59.0 Å². The number of carbonyl (C=O) groups excluding carboxylic acids is 1. The van der Waals surface area contributed by atoms with E-state index in [2.05, 4.69) is 15.7 Å². The second kappa shape index (κ2) is 6.27. The molecule has 3 rings (SSSR count). The lowest BCUT2D eigenvalue weighted by Crippen LogP contribution is -2.32. The van der Waals surface area contributed by atoms with Crippen molar-refractivity contribution in [2.45, 2.75) is 25.8 Å². The zero-order chi connectivity index (χ0) is 15.5. The number of anilines is 1. The fraction of sp³-hybridized carbons (Fsp3) is 0.375. The number of amides is 1. The molecular weight excluding hydrogens is 283 g/mol. The SMILES string of the molecule is Cc1ccc(F)c(NC(=O)c2ccn(C3CCCNC3)n2)c1. The van der Waals surface area contributed by atoms with Gasteiger partial charge in [0.25, 0.3) is 5.91 Å². The summed E-state index contributed by atoms with van der Waals surface area (Å²) in [7, 11) is 0. The molecule has 1 saturated heterocycles. The summed E-state index contributed by atoms with van der Waals surface area (Å²) in [6.45, 7) is 3.73. The van der Waals surface area contributed by atoms with Gasteiger partial charge in [-0.05, 0) is 50.1 Å². The Kier molecular flexibility index (Phi) is 4.20. The van der Waals surface area contributed by atoms with E-state index in [9.17, 15) is 9.18 Å². The predicted molar refractivity (Wildman–Crippen MR) is 82.5 cm³/mol. The molecule has 2 aromatic rings. The number of nitrogens with zero attached hydrogens (tertiary/aromatic N) is 2. The molecule has 0 spiro atoms. The number of rotatable bonds is 3. The summed E-state index contributed by atoms with van der Waals surface area (Å²) >= 11 is 0. The minimum absolute atomic E-state index is 0.180. The van der Waals surface area contributed by atoms with E-state index < -0.39 is 11.7 Å². The number of hydrogen-bond acceptors (Lipinski definition) is 3. The van der Waals surface area contributed by atoms with Crippen molar-refractivity contribution in [3.05, 3.63) is 47.5 Å². The maximum Gasteiger partial charge on any atom is 0.276 e. The minimum Gasteiger partial charge on any atom is -0.318 e. The first kappa shape index (κ1) is 14.7. The molecule has 0 aliphatic carbocycles. The Labute approximate surface area is 128 Å². The number of piperidine rings is 1. The van der Waals surface area contributed by atoms with Gasteiger partial charge in [-0.1, -0.05) is 6.07 Å². The van der Waals surface area contributed by atoms with Gasteiger partial charge in [0, 0.05) is 12.7 Å². The van der Waals surface area contributed by atoms with Crippen molar-refractivity contribution in [3.63, 3.8) is 0 Å². The van der Waals surface area contributed by atoms with Crippen LogP contribution in [0.2, 0.25) is 0 Å². The number of carbonyl (C=O) groups is 1. The lowest BCUT2D eigenvalue weighted by Gasteiger charge is -2.22.